The monoisotopic (exact) mass is 482 g/mol. The minimum absolute atomic E-state index is 0.0222. The van der Waals surface area contributed by atoms with E-state index in [1.165, 1.54) is 23.4 Å². The number of pyridine rings is 1. The second-order valence-corrected chi connectivity index (χ2v) is 8.51. The average molecular weight is 483 g/mol. The fraction of sp³-hybridized carbons (Fsp3) is 0.304. The molecule has 11 heteroatoms. The Morgan fingerprint density at radius 2 is 1.88 bits per heavy atom. The van der Waals surface area contributed by atoms with Crippen LogP contribution < -0.4 is 10.6 Å². The number of hydrogen-bond donors (Lipinski definition) is 2. The summed E-state index contributed by atoms with van der Waals surface area (Å²) in [4.78, 5) is 54.8. The van der Waals surface area contributed by atoms with Crippen LogP contribution in [0.25, 0.3) is 10.9 Å². The highest BCUT2D eigenvalue weighted by atomic mass is 35.5. The number of ketones is 1. The smallest absolute Gasteiger partial charge is 0.245 e. The number of hydrogen-bond acceptors (Lipinski definition) is 6. The first-order valence-electron chi connectivity index (χ1n) is 10.7. The third kappa shape index (κ3) is 5.40. The number of anilines is 2. The average Bonchev–Trinajstić information content (AvgIpc) is 3.53. The maximum atomic E-state index is 13.2. The lowest BCUT2D eigenvalue weighted by Gasteiger charge is -2.22. The molecule has 2 N–H and O–H groups in total. The number of aromatic nitrogens is 3. The SMILES string of the molecule is CC(=O)Nc1ccc2c(c1)c(C(C)=O)nn2CC(=O)N(CC(=O)Nc1cccc(Cl)n1)C1CC1. The lowest BCUT2D eigenvalue weighted by molar-refractivity contribution is -0.135. The minimum Gasteiger partial charge on any atom is -0.329 e. The largest absolute Gasteiger partial charge is 0.329 e. The van der Waals surface area contributed by atoms with Gasteiger partial charge in [-0.2, -0.15) is 5.10 Å². The van der Waals surface area contributed by atoms with E-state index >= 15 is 0 Å². The van der Waals surface area contributed by atoms with Crippen molar-refractivity contribution in [2.45, 2.75) is 39.3 Å². The van der Waals surface area contributed by atoms with E-state index in [1.807, 2.05) is 0 Å². The summed E-state index contributed by atoms with van der Waals surface area (Å²) >= 11 is 5.86. The van der Waals surface area contributed by atoms with Crippen LogP contribution in [-0.4, -0.2) is 55.8 Å². The number of amides is 3. The van der Waals surface area contributed by atoms with Gasteiger partial charge in [-0.15, -0.1) is 0 Å². The van der Waals surface area contributed by atoms with Gasteiger partial charge in [0.2, 0.25) is 17.7 Å². The van der Waals surface area contributed by atoms with Crippen molar-refractivity contribution in [2.24, 2.45) is 0 Å². The van der Waals surface area contributed by atoms with E-state index in [0.717, 1.165) is 12.8 Å². The van der Waals surface area contributed by atoms with E-state index < -0.39 is 0 Å². The molecule has 1 aliphatic carbocycles. The minimum atomic E-state index is -0.385. The van der Waals surface area contributed by atoms with Crippen LogP contribution in [0, 0.1) is 0 Å². The Hall–Kier alpha value is -3.79. The van der Waals surface area contributed by atoms with E-state index in [-0.39, 0.29) is 53.5 Å². The summed E-state index contributed by atoms with van der Waals surface area (Å²) < 4.78 is 1.46. The lowest BCUT2D eigenvalue weighted by Crippen LogP contribution is -2.41. The summed E-state index contributed by atoms with van der Waals surface area (Å²) in [5.41, 5.74) is 1.31. The predicted octanol–water partition coefficient (Wildman–Crippen LogP) is 2.88. The van der Waals surface area contributed by atoms with Crippen molar-refractivity contribution in [1.82, 2.24) is 19.7 Å². The number of carbonyl (C=O) groups is 4. The van der Waals surface area contributed by atoms with Crippen LogP contribution in [-0.2, 0) is 20.9 Å². The van der Waals surface area contributed by atoms with Gasteiger partial charge in [-0.25, -0.2) is 4.98 Å². The maximum Gasteiger partial charge on any atom is 0.245 e. The van der Waals surface area contributed by atoms with Gasteiger partial charge in [-0.3, -0.25) is 23.9 Å². The van der Waals surface area contributed by atoms with Crippen LogP contribution in [0.1, 0.15) is 37.2 Å². The standard InChI is InChI=1S/C23H23ClN6O4/c1-13(31)23-17-10-15(25-14(2)32)6-9-18(17)30(28-23)12-22(34)29(16-7-8-16)11-21(33)27-20-5-3-4-19(24)26-20/h3-6,9-10,16H,7-8,11-12H2,1-2H3,(H,25,32)(H,26,27,33). The predicted molar refractivity (Wildman–Crippen MR) is 127 cm³/mol. The number of nitrogens with zero attached hydrogens (tertiary/aromatic N) is 4. The zero-order chi connectivity index (χ0) is 24.4. The van der Waals surface area contributed by atoms with Crippen molar-refractivity contribution < 1.29 is 19.2 Å². The topological polar surface area (TPSA) is 126 Å². The number of nitrogens with one attached hydrogen (secondary N) is 2. The summed E-state index contributed by atoms with van der Waals surface area (Å²) in [6.45, 7) is 2.51. The van der Waals surface area contributed by atoms with Crippen molar-refractivity contribution in [3.8, 4) is 0 Å². The van der Waals surface area contributed by atoms with Crippen molar-refractivity contribution in [1.29, 1.82) is 0 Å². The van der Waals surface area contributed by atoms with Gasteiger partial charge in [0.05, 0.1) is 5.52 Å². The van der Waals surface area contributed by atoms with Crippen molar-refractivity contribution >= 4 is 57.5 Å². The zero-order valence-corrected chi connectivity index (χ0v) is 19.4. The normalized spacial score (nSPS) is 12.9. The Balaban J connectivity index is 1.53. The molecule has 2 heterocycles. The van der Waals surface area contributed by atoms with Crippen LogP contribution >= 0.6 is 11.6 Å². The molecule has 34 heavy (non-hydrogen) atoms. The molecule has 176 valence electrons. The molecular formula is C23H23ClN6O4. The van der Waals surface area contributed by atoms with Crippen LogP contribution in [0.15, 0.2) is 36.4 Å². The first-order valence-corrected chi connectivity index (χ1v) is 11.1. The van der Waals surface area contributed by atoms with Crippen LogP contribution in [0.3, 0.4) is 0 Å². The Morgan fingerprint density at radius 3 is 2.53 bits per heavy atom. The van der Waals surface area contributed by atoms with Gasteiger partial charge in [-0.1, -0.05) is 17.7 Å². The summed E-state index contributed by atoms with van der Waals surface area (Å²) in [6, 6.07) is 9.90. The Bertz CT molecular complexity index is 1300. The molecule has 2 aromatic heterocycles. The molecule has 0 aliphatic heterocycles. The highest BCUT2D eigenvalue weighted by Gasteiger charge is 2.34. The second kappa shape index (κ2) is 9.60. The van der Waals surface area contributed by atoms with Gasteiger partial charge in [0, 0.05) is 31.0 Å². The molecule has 0 unspecified atom stereocenters. The fourth-order valence-electron chi connectivity index (χ4n) is 3.68. The molecule has 3 amide bonds. The molecule has 0 saturated heterocycles. The van der Waals surface area contributed by atoms with Crippen LogP contribution in [0.2, 0.25) is 5.15 Å². The first kappa shape index (κ1) is 23.4. The summed E-state index contributed by atoms with van der Waals surface area (Å²) in [5.74, 6) is -0.868. The Labute approximate surface area is 200 Å². The molecule has 4 rings (SSSR count). The molecule has 1 fully saturated rings. The molecule has 0 radical (unpaired) electrons. The first-order chi connectivity index (χ1) is 16.2. The molecule has 1 saturated carbocycles. The zero-order valence-electron chi connectivity index (χ0n) is 18.7. The van der Waals surface area contributed by atoms with Gasteiger partial charge in [0.15, 0.2) is 5.78 Å². The van der Waals surface area contributed by atoms with E-state index in [4.69, 9.17) is 11.6 Å². The third-order valence-corrected chi connectivity index (χ3v) is 5.50. The van der Waals surface area contributed by atoms with Crippen molar-refractivity contribution in [2.75, 3.05) is 17.2 Å². The quantitative estimate of drug-likeness (QED) is 0.375. The number of rotatable bonds is 8. The van der Waals surface area contributed by atoms with Gasteiger partial charge in [0.1, 0.15) is 29.8 Å². The van der Waals surface area contributed by atoms with E-state index in [2.05, 4.69) is 20.7 Å². The molecule has 0 bridgehead atoms. The maximum absolute atomic E-state index is 13.2. The van der Waals surface area contributed by atoms with Gasteiger partial charge in [0.25, 0.3) is 0 Å². The lowest BCUT2D eigenvalue weighted by atomic mass is 10.1. The number of carbonyl (C=O) groups excluding carboxylic acids is 4. The Morgan fingerprint density at radius 1 is 1.12 bits per heavy atom. The fourth-order valence-corrected chi connectivity index (χ4v) is 3.85. The van der Waals surface area contributed by atoms with Gasteiger partial charge >= 0.3 is 0 Å². The van der Waals surface area contributed by atoms with Crippen LogP contribution in [0.5, 0.6) is 0 Å². The van der Waals surface area contributed by atoms with E-state index in [1.54, 1.807) is 36.4 Å². The summed E-state index contributed by atoms with van der Waals surface area (Å²) in [5, 5.41) is 10.5. The summed E-state index contributed by atoms with van der Waals surface area (Å²) in [7, 11) is 0. The van der Waals surface area contributed by atoms with Gasteiger partial charge in [-0.05, 0) is 43.2 Å². The molecular weight excluding hydrogens is 460 g/mol. The van der Waals surface area contributed by atoms with Crippen molar-refractivity contribution in [3.05, 3.63) is 47.2 Å². The van der Waals surface area contributed by atoms with E-state index in [9.17, 15) is 19.2 Å². The Kier molecular flexibility index (Phi) is 6.60. The number of fused-ring (bicyclic) bond motifs is 1. The summed E-state index contributed by atoms with van der Waals surface area (Å²) in [6.07, 6.45) is 1.63. The second-order valence-electron chi connectivity index (χ2n) is 8.12. The van der Waals surface area contributed by atoms with E-state index in [0.29, 0.717) is 22.4 Å². The van der Waals surface area contributed by atoms with Gasteiger partial charge < -0.3 is 15.5 Å². The number of benzene rings is 1. The molecule has 0 spiro atoms. The molecule has 1 aliphatic rings. The molecule has 1 aromatic carbocycles. The molecule has 0 atom stereocenters. The van der Waals surface area contributed by atoms with Crippen molar-refractivity contribution in [3.63, 3.8) is 0 Å². The number of Topliss-reactive ketones (excluding diaryl/α,β-unsaturated/α-hetero) is 1. The molecule has 3 aromatic rings. The highest BCUT2D eigenvalue weighted by Crippen LogP contribution is 2.28. The number of halogens is 1. The highest BCUT2D eigenvalue weighted by molar-refractivity contribution is 6.29. The van der Waals surface area contributed by atoms with Crippen LogP contribution in [0.4, 0.5) is 11.5 Å². The molecule has 10 nitrogen and oxygen atoms in total. The third-order valence-electron chi connectivity index (χ3n) is 5.29.